The topological polar surface area (TPSA) is 30.5 Å². The van der Waals surface area contributed by atoms with Crippen molar-refractivity contribution >= 4 is 5.69 Å². The number of benzene rings is 1. The maximum Gasteiger partial charge on any atom is 0.163 e. The first-order valence-electron chi connectivity index (χ1n) is 8.37. The molecule has 1 saturated carbocycles. The number of nitrogens with one attached hydrogen (secondary N) is 1. The third-order valence-corrected chi connectivity index (χ3v) is 4.50. The average molecular weight is 289 g/mol. The van der Waals surface area contributed by atoms with Gasteiger partial charge in [0.15, 0.2) is 11.5 Å². The summed E-state index contributed by atoms with van der Waals surface area (Å²) in [5, 5.41) is 3.70. The molecule has 0 spiro atoms. The van der Waals surface area contributed by atoms with Gasteiger partial charge in [0.1, 0.15) is 13.2 Å². The predicted molar refractivity (Wildman–Crippen MR) is 86.3 cm³/mol. The second-order valence-corrected chi connectivity index (χ2v) is 6.86. The lowest BCUT2D eigenvalue weighted by atomic mass is 9.81. The number of ether oxygens (including phenoxy) is 2. The molecule has 1 aliphatic carbocycles. The lowest BCUT2D eigenvalue weighted by Crippen LogP contribution is -2.28. The van der Waals surface area contributed by atoms with Gasteiger partial charge in [-0.3, -0.25) is 0 Å². The van der Waals surface area contributed by atoms with Crippen molar-refractivity contribution in [2.24, 2.45) is 11.8 Å². The van der Waals surface area contributed by atoms with Crippen LogP contribution in [-0.4, -0.2) is 19.3 Å². The third kappa shape index (κ3) is 3.84. The van der Waals surface area contributed by atoms with Crippen LogP contribution in [0, 0.1) is 11.8 Å². The van der Waals surface area contributed by atoms with Gasteiger partial charge in [-0.05, 0) is 43.2 Å². The second-order valence-electron chi connectivity index (χ2n) is 6.86. The standard InChI is InChI=1S/C18H27NO2/c1-13(2)10-14-4-3-5-15(11-14)19-16-6-7-17-18(12-16)21-9-8-20-17/h6-7,12-15,19H,3-5,8-11H2,1-2H3. The van der Waals surface area contributed by atoms with Crippen LogP contribution in [-0.2, 0) is 0 Å². The Balaban J connectivity index is 1.60. The molecule has 0 amide bonds. The van der Waals surface area contributed by atoms with Crippen molar-refractivity contribution < 1.29 is 9.47 Å². The summed E-state index contributed by atoms with van der Waals surface area (Å²) in [4.78, 5) is 0. The van der Waals surface area contributed by atoms with E-state index in [9.17, 15) is 0 Å². The Kier molecular flexibility index (Phi) is 4.57. The molecular weight excluding hydrogens is 262 g/mol. The zero-order chi connectivity index (χ0) is 14.7. The average Bonchev–Trinajstić information content (AvgIpc) is 2.47. The highest BCUT2D eigenvalue weighted by Gasteiger charge is 2.23. The zero-order valence-electron chi connectivity index (χ0n) is 13.2. The van der Waals surface area contributed by atoms with Crippen LogP contribution in [0.2, 0.25) is 0 Å². The van der Waals surface area contributed by atoms with Crippen molar-refractivity contribution in [2.45, 2.75) is 52.0 Å². The van der Waals surface area contributed by atoms with Gasteiger partial charge in [0, 0.05) is 17.8 Å². The van der Waals surface area contributed by atoms with Crippen molar-refractivity contribution in [1.82, 2.24) is 0 Å². The number of fused-ring (bicyclic) bond motifs is 1. The van der Waals surface area contributed by atoms with Crippen molar-refractivity contribution in [3.8, 4) is 11.5 Å². The van der Waals surface area contributed by atoms with Gasteiger partial charge in [-0.25, -0.2) is 0 Å². The quantitative estimate of drug-likeness (QED) is 0.886. The normalized spacial score (nSPS) is 24.9. The summed E-state index contributed by atoms with van der Waals surface area (Å²) < 4.78 is 11.2. The van der Waals surface area contributed by atoms with Crippen LogP contribution in [0.5, 0.6) is 11.5 Å². The molecule has 116 valence electrons. The molecule has 0 bridgehead atoms. The molecular formula is C18H27NO2. The van der Waals surface area contributed by atoms with E-state index >= 15 is 0 Å². The Morgan fingerprint density at radius 3 is 2.76 bits per heavy atom. The molecule has 1 fully saturated rings. The molecule has 1 aromatic rings. The number of hydrogen-bond donors (Lipinski definition) is 1. The monoisotopic (exact) mass is 289 g/mol. The Morgan fingerprint density at radius 2 is 1.95 bits per heavy atom. The van der Waals surface area contributed by atoms with Crippen LogP contribution < -0.4 is 14.8 Å². The van der Waals surface area contributed by atoms with Gasteiger partial charge >= 0.3 is 0 Å². The maximum absolute atomic E-state index is 5.66. The molecule has 3 nitrogen and oxygen atoms in total. The lowest BCUT2D eigenvalue weighted by Gasteiger charge is -2.31. The van der Waals surface area contributed by atoms with Gasteiger partial charge in [-0.1, -0.05) is 26.7 Å². The summed E-state index contributed by atoms with van der Waals surface area (Å²) in [6.45, 7) is 5.96. The van der Waals surface area contributed by atoms with E-state index in [4.69, 9.17) is 9.47 Å². The van der Waals surface area contributed by atoms with E-state index in [0.717, 1.165) is 29.0 Å². The van der Waals surface area contributed by atoms with Crippen LogP contribution in [0.3, 0.4) is 0 Å². The molecule has 21 heavy (non-hydrogen) atoms. The van der Waals surface area contributed by atoms with E-state index in [-0.39, 0.29) is 0 Å². The Morgan fingerprint density at radius 1 is 1.14 bits per heavy atom. The molecule has 0 saturated heterocycles. The first-order chi connectivity index (χ1) is 10.2. The Hall–Kier alpha value is -1.38. The summed E-state index contributed by atoms with van der Waals surface area (Å²) >= 11 is 0. The number of hydrogen-bond acceptors (Lipinski definition) is 3. The fourth-order valence-corrected chi connectivity index (χ4v) is 3.67. The molecule has 1 aromatic carbocycles. The van der Waals surface area contributed by atoms with Crippen LogP contribution in [0.15, 0.2) is 18.2 Å². The van der Waals surface area contributed by atoms with E-state index in [1.165, 1.54) is 32.1 Å². The van der Waals surface area contributed by atoms with Crippen LogP contribution >= 0.6 is 0 Å². The third-order valence-electron chi connectivity index (χ3n) is 4.50. The van der Waals surface area contributed by atoms with E-state index in [1.54, 1.807) is 0 Å². The van der Waals surface area contributed by atoms with E-state index in [1.807, 2.05) is 6.07 Å². The summed E-state index contributed by atoms with van der Waals surface area (Å²) in [6, 6.07) is 6.82. The first kappa shape index (κ1) is 14.6. The Labute approximate surface area is 128 Å². The smallest absolute Gasteiger partial charge is 0.163 e. The maximum atomic E-state index is 5.66. The highest BCUT2D eigenvalue weighted by molar-refractivity contribution is 5.55. The molecule has 0 radical (unpaired) electrons. The summed E-state index contributed by atoms with van der Waals surface area (Å²) in [5.41, 5.74) is 1.16. The number of rotatable bonds is 4. The molecule has 1 heterocycles. The van der Waals surface area contributed by atoms with Crippen LogP contribution in [0.25, 0.3) is 0 Å². The lowest BCUT2D eigenvalue weighted by molar-refractivity contribution is 0.171. The molecule has 0 aromatic heterocycles. The molecule has 2 unspecified atom stereocenters. The van der Waals surface area contributed by atoms with Gasteiger partial charge in [0.2, 0.25) is 0 Å². The minimum atomic E-state index is 0.602. The molecule has 1 aliphatic heterocycles. The molecule has 2 atom stereocenters. The van der Waals surface area contributed by atoms with Crippen molar-refractivity contribution in [3.63, 3.8) is 0 Å². The van der Waals surface area contributed by atoms with Gasteiger partial charge in [0.05, 0.1) is 0 Å². The highest BCUT2D eigenvalue weighted by Crippen LogP contribution is 2.35. The van der Waals surface area contributed by atoms with Gasteiger partial charge in [0.25, 0.3) is 0 Å². The summed E-state index contributed by atoms with van der Waals surface area (Å²) in [5.74, 6) is 3.44. The zero-order valence-corrected chi connectivity index (χ0v) is 13.2. The van der Waals surface area contributed by atoms with Crippen molar-refractivity contribution in [2.75, 3.05) is 18.5 Å². The van der Waals surface area contributed by atoms with Crippen molar-refractivity contribution in [1.29, 1.82) is 0 Å². The number of anilines is 1. The fraction of sp³-hybridized carbons (Fsp3) is 0.667. The van der Waals surface area contributed by atoms with E-state index in [2.05, 4.69) is 31.3 Å². The van der Waals surface area contributed by atoms with E-state index < -0.39 is 0 Å². The summed E-state index contributed by atoms with van der Waals surface area (Å²) in [7, 11) is 0. The van der Waals surface area contributed by atoms with E-state index in [0.29, 0.717) is 19.3 Å². The highest BCUT2D eigenvalue weighted by atomic mass is 16.6. The molecule has 3 rings (SSSR count). The van der Waals surface area contributed by atoms with Gasteiger partial charge in [-0.2, -0.15) is 0 Å². The molecule has 3 heteroatoms. The van der Waals surface area contributed by atoms with Crippen LogP contribution in [0.4, 0.5) is 5.69 Å². The SMILES string of the molecule is CC(C)CC1CCCC(Nc2ccc3c(c2)OCCO3)C1. The fourth-order valence-electron chi connectivity index (χ4n) is 3.67. The first-order valence-corrected chi connectivity index (χ1v) is 8.37. The Bertz CT molecular complexity index is 472. The largest absolute Gasteiger partial charge is 0.486 e. The van der Waals surface area contributed by atoms with Gasteiger partial charge in [-0.15, -0.1) is 0 Å². The predicted octanol–water partition coefficient (Wildman–Crippen LogP) is 4.47. The van der Waals surface area contributed by atoms with Crippen molar-refractivity contribution in [3.05, 3.63) is 18.2 Å². The van der Waals surface area contributed by atoms with Crippen LogP contribution in [0.1, 0.15) is 46.0 Å². The van der Waals surface area contributed by atoms with Gasteiger partial charge < -0.3 is 14.8 Å². The minimum Gasteiger partial charge on any atom is -0.486 e. The summed E-state index contributed by atoms with van der Waals surface area (Å²) in [6.07, 6.45) is 6.69. The minimum absolute atomic E-state index is 0.602. The molecule has 2 aliphatic rings. The molecule has 1 N–H and O–H groups in total. The second kappa shape index (κ2) is 6.59.